The van der Waals surface area contributed by atoms with Gasteiger partial charge in [-0.15, -0.1) is 0 Å². The van der Waals surface area contributed by atoms with E-state index in [4.69, 9.17) is 10.00 Å². The Labute approximate surface area is 103 Å². The molecule has 1 heterocycles. The van der Waals surface area contributed by atoms with Crippen molar-refractivity contribution in [2.24, 2.45) is 0 Å². The number of hydrogen-bond acceptors (Lipinski definition) is 3. The monoisotopic (exact) mass is 258 g/mol. The van der Waals surface area contributed by atoms with E-state index in [9.17, 15) is 13.2 Å². The second kappa shape index (κ2) is 4.84. The lowest BCUT2D eigenvalue weighted by molar-refractivity contribution is -0.141. The van der Waals surface area contributed by atoms with E-state index in [1.54, 1.807) is 19.9 Å². The highest BCUT2D eigenvalue weighted by Gasteiger charge is 2.34. The first-order chi connectivity index (χ1) is 8.19. The zero-order chi connectivity index (χ0) is 14.0. The van der Waals surface area contributed by atoms with E-state index in [-0.39, 0.29) is 11.4 Å². The van der Waals surface area contributed by atoms with E-state index in [2.05, 4.69) is 4.98 Å². The van der Waals surface area contributed by atoms with Crippen LogP contribution in [0.2, 0.25) is 0 Å². The average Bonchev–Trinajstić information content (AvgIpc) is 2.27. The van der Waals surface area contributed by atoms with Gasteiger partial charge in [-0.25, -0.2) is 4.98 Å². The summed E-state index contributed by atoms with van der Waals surface area (Å²) in [5, 5.41) is 8.83. The molecule has 6 heteroatoms. The smallest absolute Gasteiger partial charge is 0.433 e. The van der Waals surface area contributed by atoms with Crippen molar-refractivity contribution in [2.75, 3.05) is 0 Å². The molecular formula is C12H13F3N2O. The molecule has 0 aliphatic heterocycles. The van der Waals surface area contributed by atoms with Crippen LogP contribution in [-0.4, -0.2) is 10.6 Å². The van der Waals surface area contributed by atoms with Crippen molar-refractivity contribution in [3.63, 3.8) is 0 Å². The minimum atomic E-state index is -4.55. The summed E-state index contributed by atoms with van der Waals surface area (Å²) in [4.78, 5) is 3.38. The lowest BCUT2D eigenvalue weighted by Gasteiger charge is -2.24. The minimum absolute atomic E-state index is 0.00970. The molecule has 0 aliphatic carbocycles. The van der Waals surface area contributed by atoms with Gasteiger partial charge < -0.3 is 4.74 Å². The number of rotatable bonds is 3. The number of ether oxygens (including phenoxy) is 1. The summed E-state index contributed by atoms with van der Waals surface area (Å²) < 4.78 is 42.9. The summed E-state index contributed by atoms with van der Waals surface area (Å²) in [5.74, 6) is -0.279. The van der Waals surface area contributed by atoms with Gasteiger partial charge in [0, 0.05) is 0 Å². The van der Waals surface area contributed by atoms with Crippen LogP contribution >= 0.6 is 0 Å². The molecule has 0 N–H and O–H groups in total. The van der Waals surface area contributed by atoms with Gasteiger partial charge in [-0.1, -0.05) is 6.92 Å². The third-order valence-corrected chi connectivity index (χ3v) is 2.50. The molecule has 0 spiro atoms. The Balaban J connectivity index is 3.20. The zero-order valence-electron chi connectivity index (χ0n) is 10.3. The molecule has 0 aliphatic rings. The van der Waals surface area contributed by atoms with Crippen molar-refractivity contribution in [3.05, 3.63) is 23.4 Å². The quantitative estimate of drug-likeness (QED) is 0.833. The van der Waals surface area contributed by atoms with E-state index in [0.29, 0.717) is 6.42 Å². The first-order valence-corrected chi connectivity index (χ1v) is 5.37. The molecule has 0 bridgehead atoms. The average molecular weight is 258 g/mol. The summed E-state index contributed by atoms with van der Waals surface area (Å²) in [6.45, 7) is 5.27. The largest absolute Gasteiger partial charge is 0.471 e. The Kier molecular flexibility index (Phi) is 3.85. The third-order valence-electron chi connectivity index (χ3n) is 2.50. The van der Waals surface area contributed by atoms with Crippen LogP contribution in [0.1, 0.15) is 38.4 Å². The first kappa shape index (κ1) is 14.3. The molecular weight excluding hydrogens is 245 g/mol. The van der Waals surface area contributed by atoms with Crippen molar-refractivity contribution in [1.29, 1.82) is 5.26 Å². The normalized spacial score (nSPS) is 12.1. The Morgan fingerprint density at radius 3 is 2.39 bits per heavy atom. The Bertz CT molecular complexity index is 475. The zero-order valence-corrected chi connectivity index (χ0v) is 10.3. The molecule has 98 valence electrons. The number of nitrogens with zero attached hydrogens (tertiary/aromatic N) is 2. The number of halogens is 3. The van der Waals surface area contributed by atoms with Gasteiger partial charge in [0.25, 0.3) is 0 Å². The lowest BCUT2D eigenvalue weighted by Crippen LogP contribution is -2.28. The van der Waals surface area contributed by atoms with Crippen LogP contribution in [0.5, 0.6) is 5.88 Å². The molecule has 0 fully saturated rings. The highest BCUT2D eigenvalue weighted by Crippen LogP contribution is 2.31. The molecule has 3 nitrogen and oxygen atoms in total. The Hall–Kier alpha value is -1.77. The summed E-state index contributed by atoms with van der Waals surface area (Å²) >= 11 is 0. The minimum Gasteiger partial charge on any atom is -0.471 e. The molecule has 0 saturated carbocycles. The van der Waals surface area contributed by atoms with Gasteiger partial charge in [-0.3, -0.25) is 0 Å². The maximum absolute atomic E-state index is 12.5. The van der Waals surface area contributed by atoms with Crippen LogP contribution in [-0.2, 0) is 6.18 Å². The number of hydrogen-bond donors (Lipinski definition) is 0. The van der Waals surface area contributed by atoms with E-state index < -0.39 is 17.5 Å². The van der Waals surface area contributed by atoms with Crippen LogP contribution in [0, 0.1) is 11.3 Å². The summed E-state index contributed by atoms with van der Waals surface area (Å²) in [5.41, 5.74) is -1.75. The van der Waals surface area contributed by atoms with Gasteiger partial charge in [0.2, 0.25) is 5.88 Å². The van der Waals surface area contributed by atoms with Gasteiger partial charge in [0.1, 0.15) is 22.9 Å². The molecule has 0 atom stereocenters. The number of aromatic nitrogens is 1. The molecule has 0 saturated heterocycles. The maximum atomic E-state index is 12.5. The number of alkyl halides is 3. The van der Waals surface area contributed by atoms with Gasteiger partial charge in [0.05, 0.1) is 0 Å². The lowest BCUT2D eigenvalue weighted by atomic mass is 10.1. The van der Waals surface area contributed by atoms with Gasteiger partial charge in [-0.05, 0) is 32.4 Å². The van der Waals surface area contributed by atoms with Gasteiger partial charge >= 0.3 is 6.18 Å². The van der Waals surface area contributed by atoms with Crippen molar-refractivity contribution in [3.8, 4) is 11.9 Å². The number of nitriles is 1. The molecule has 0 unspecified atom stereocenters. The molecule has 1 aromatic heterocycles. The topological polar surface area (TPSA) is 45.9 Å². The van der Waals surface area contributed by atoms with Crippen molar-refractivity contribution >= 4 is 0 Å². The van der Waals surface area contributed by atoms with E-state index >= 15 is 0 Å². The Morgan fingerprint density at radius 2 is 1.94 bits per heavy atom. The second-order valence-corrected chi connectivity index (χ2v) is 4.37. The van der Waals surface area contributed by atoms with Crippen molar-refractivity contribution in [1.82, 2.24) is 4.98 Å². The summed E-state index contributed by atoms with van der Waals surface area (Å²) in [7, 11) is 0. The fourth-order valence-corrected chi connectivity index (χ4v) is 1.10. The fourth-order valence-electron chi connectivity index (χ4n) is 1.10. The molecule has 1 aromatic rings. The van der Waals surface area contributed by atoms with Crippen LogP contribution in [0.4, 0.5) is 13.2 Å². The molecule has 18 heavy (non-hydrogen) atoms. The van der Waals surface area contributed by atoms with Crippen molar-refractivity contribution in [2.45, 2.75) is 39.0 Å². The van der Waals surface area contributed by atoms with Gasteiger partial charge in [0.15, 0.2) is 0 Å². The maximum Gasteiger partial charge on any atom is 0.433 e. The number of pyridine rings is 1. The van der Waals surface area contributed by atoms with Crippen LogP contribution in [0.15, 0.2) is 12.1 Å². The molecule has 0 amide bonds. The molecule has 0 aromatic carbocycles. The van der Waals surface area contributed by atoms with E-state index in [1.807, 2.05) is 6.92 Å². The first-order valence-electron chi connectivity index (χ1n) is 5.37. The van der Waals surface area contributed by atoms with Crippen molar-refractivity contribution < 1.29 is 17.9 Å². The predicted octanol–water partition coefficient (Wildman–Crippen LogP) is 3.54. The second-order valence-electron chi connectivity index (χ2n) is 4.37. The highest BCUT2D eigenvalue weighted by molar-refractivity contribution is 5.39. The molecule has 0 radical (unpaired) electrons. The van der Waals surface area contributed by atoms with Crippen LogP contribution in [0.25, 0.3) is 0 Å². The predicted molar refractivity (Wildman–Crippen MR) is 59.0 cm³/mol. The van der Waals surface area contributed by atoms with Crippen LogP contribution in [0.3, 0.4) is 0 Å². The Morgan fingerprint density at radius 1 is 1.33 bits per heavy atom. The summed E-state index contributed by atoms with van der Waals surface area (Å²) in [6, 6.07) is 3.60. The SMILES string of the molecule is CCC(C)(C)Oc1nc(C(F)(F)F)ccc1C#N. The third kappa shape index (κ3) is 3.36. The van der Waals surface area contributed by atoms with Gasteiger partial charge in [-0.2, -0.15) is 18.4 Å². The van der Waals surface area contributed by atoms with E-state index in [0.717, 1.165) is 12.1 Å². The molecule has 1 rings (SSSR count). The standard InChI is InChI=1S/C12H13F3N2O/c1-4-11(2,3)18-10-8(7-16)5-6-9(17-10)12(13,14)15/h5-6H,4H2,1-3H3. The highest BCUT2D eigenvalue weighted by atomic mass is 19.4. The summed E-state index contributed by atoms with van der Waals surface area (Å²) in [6.07, 6.45) is -3.97. The van der Waals surface area contributed by atoms with E-state index in [1.165, 1.54) is 0 Å². The van der Waals surface area contributed by atoms with Crippen LogP contribution < -0.4 is 4.74 Å². The fraction of sp³-hybridized carbons (Fsp3) is 0.500.